The van der Waals surface area contributed by atoms with Crippen LogP contribution in [0.4, 0.5) is 11.6 Å². The van der Waals surface area contributed by atoms with E-state index < -0.39 is 0 Å². The van der Waals surface area contributed by atoms with Crippen LogP contribution in [-0.4, -0.2) is 50.4 Å². The smallest absolute Gasteiger partial charge is 0.204 e. The quantitative estimate of drug-likeness (QED) is 0.835. The summed E-state index contributed by atoms with van der Waals surface area (Å²) in [7, 11) is 5.44. The molecule has 6 heteroatoms. The Hall–Kier alpha value is -1.56. The van der Waals surface area contributed by atoms with Gasteiger partial charge in [-0.25, -0.2) is 9.97 Å². The van der Waals surface area contributed by atoms with Gasteiger partial charge < -0.3 is 19.7 Å². The van der Waals surface area contributed by atoms with Crippen LogP contribution in [0.5, 0.6) is 5.75 Å². The van der Waals surface area contributed by atoms with Crippen LogP contribution in [0.25, 0.3) is 0 Å². The van der Waals surface area contributed by atoms with Crippen molar-refractivity contribution in [1.82, 2.24) is 9.97 Å². The van der Waals surface area contributed by atoms with E-state index in [0.29, 0.717) is 17.6 Å². The molecule has 1 aromatic heterocycles. The van der Waals surface area contributed by atoms with Crippen LogP contribution in [0.2, 0.25) is 0 Å². The van der Waals surface area contributed by atoms with E-state index in [9.17, 15) is 0 Å². The second kappa shape index (κ2) is 5.18. The number of aromatic nitrogens is 2. The third-order valence-electron chi connectivity index (χ3n) is 3.01. The minimum atomic E-state index is 0.350. The Balaban J connectivity index is 2.29. The SMILES string of the molecule is CNc1ncnc(N(C)C2CCOC2)c1OC. The largest absolute Gasteiger partial charge is 0.490 e. The van der Waals surface area contributed by atoms with Crippen LogP contribution in [0.1, 0.15) is 6.42 Å². The molecule has 17 heavy (non-hydrogen) atoms. The summed E-state index contributed by atoms with van der Waals surface area (Å²) < 4.78 is 10.8. The minimum absolute atomic E-state index is 0.350. The lowest BCUT2D eigenvalue weighted by Crippen LogP contribution is -2.33. The van der Waals surface area contributed by atoms with Crippen molar-refractivity contribution in [2.45, 2.75) is 12.5 Å². The minimum Gasteiger partial charge on any atom is -0.490 e. The lowest BCUT2D eigenvalue weighted by atomic mass is 10.2. The fourth-order valence-corrected chi connectivity index (χ4v) is 1.98. The van der Waals surface area contributed by atoms with Gasteiger partial charge in [-0.1, -0.05) is 0 Å². The molecule has 6 nitrogen and oxygen atoms in total. The van der Waals surface area contributed by atoms with Gasteiger partial charge in [0.2, 0.25) is 5.75 Å². The second-order valence-electron chi connectivity index (χ2n) is 3.96. The number of methoxy groups -OCH3 is 1. The molecule has 1 aromatic rings. The van der Waals surface area contributed by atoms with Gasteiger partial charge in [-0.2, -0.15) is 0 Å². The maximum Gasteiger partial charge on any atom is 0.204 e. The first-order valence-corrected chi connectivity index (χ1v) is 5.65. The molecule has 0 aliphatic carbocycles. The molecule has 0 aromatic carbocycles. The van der Waals surface area contributed by atoms with Crippen molar-refractivity contribution in [2.24, 2.45) is 0 Å². The Bertz CT molecular complexity index is 380. The number of anilines is 2. The number of likely N-dealkylation sites (N-methyl/N-ethyl adjacent to an activating group) is 1. The Morgan fingerprint density at radius 3 is 2.94 bits per heavy atom. The molecule has 0 bridgehead atoms. The summed E-state index contributed by atoms with van der Waals surface area (Å²) in [6.45, 7) is 1.54. The standard InChI is InChI=1S/C11H18N4O2/c1-12-10-9(16-3)11(14-7-13-10)15(2)8-4-5-17-6-8/h7-8H,4-6H2,1-3H3,(H,12,13,14). The highest BCUT2D eigenvalue weighted by Gasteiger charge is 2.25. The van der Waals surface area contributed by atoms with E-state index >= 15 is 0 Å². The lowest BCUT2D eigenvalue weighted by Gasteiger charge is -2.26. The monoisotopic (exact) mass is 238 g/mol. The summed E-state index contributed by atoms with van der Waals surface area (Å²) in [5, 5.41) is 3.00. The summed E-state index contributed by atoms with van der Waals surface area (Å²) >= 11 is 0. The first kappa shape index (κ1) is 11.9. The first-order chi connectivity index (χ1) is 8.27. The molecule has 0 amide bonds. The van der Waals surface area contributed by atoms with Crippen molar-refractivity contribution < 1.29 is 9.47 Å². The molecule has 1 N–H and O–H groups in total. The van der Waals surface area contributed by atoms with E-state index in [-0.39, 0.29) is 0 Å². The number of hydrogen-bond acceptors (Lipinski definition) is 6. The van der Waals surface area contributed by atoms with E-state index in [1.54, 1.807) is 7.11 Å². The molecule has 0 saturated carbocycles. The van der Waals surface area contributed by atoms with Gasteiger partial charge in [0, 0.05) is 20.7 Å². The topological polar surface area (TPSA) is 59.5 Å². The van der Waals surface area contributed by atoms with Gasteiger partial charge in [0.1, 0.15) is 6.33 Å². The number of rotatable bonds is 4. The fraction of sp³-hybridized carbons (Fsp3) is 0.636. The lowest BCUT2D eigenvalue weighted by molar-refractivity contribution is 0.193. The predicted molar refractivity (Wildman–Crippen MR) is 65.8 cm³/mol. The first-order valence-electron chi connectivity index (χ1n) is 5.65. The van der Waals surface area contributed by atoms with Crippen molar-refractivity contribution in [3.8, 4) is 5.75 Å². The van der Waals surface area contributed by atoms with Gasteiger partial charge >= 0.3 is 0 Å². The highest BCUT2D eigenvalue weighted by molar-refractivity contribution is 5.64. The summed E-state index contributed by atoms with van der Waals surface area (Å²) in [6, 6.07) is 0.350. The molecule has 1 fully saturated rings. The van der Waals surface area contributed by atoms with Crippen LogP contribution in [0, 0.1) is 0 Å². The molecule has 1 atom stereocenters. The molecule has 0 spiro atoms. The second-order valence-corrected chi connectivity index (χ2v) is 3.96. The normalized spacial score (nSPS) is 19.1. The molecular formula is C11H18N4O2. The van der Waals surface area contributed by atoms with Crippen LogP contribution >= 0.6 is 0 Å². The Morgan fingerprint density at radius 2 is 2.35 bits per heavy atom. The van der Waals surface area contributed by atoms with E-state index in [4.69, 9.17) is 9.47 Å². The van der Waals surface area contributed by atoms with E-state index in [1.807, 2.05) is 14.1 Å². The zero-order chi connectivity index (χ0) is 12.3. The molecule has 1 aliphatic heterocycles. The molecule has 2 heterocycles. The summed E-state index contributed by atoms with van der Waals surface area (Å²) in [5.41, 5.74) is 0. The molecule has 2 rings (SSSR count). The Labute approximate surface area is 101 Å². The molecule has 0 radical (unpaired) electrons. The summed E-state index contributed by atoms with van der Waals surface area (Å²) in [6.07, 6.45) is 2.55. The zero-order valence-electron chi connectivity index (χ0n) is 10.4. The van der Waals surface area contributed by atoms with Crippen LogP contribution in [0.3, 0.4) is 0 Å². The van der Waals surface area contributed by atoms with Crippen molar-refractivity contribution in [3.63, 3.8) is 0 Å². The van der Waals surface area contributed by atoms with Crippen molar-refractivity contribution in [1.29, 1.82) is 0 Å². The van der Waals surface area contributed by atoms with Crippen LogP contribution in [-0.2, 0) is 4.74 Å². The molecular weight excluding hydrogens is 220 g/mol. The van der Waals surface area contributed by atoms with Gasteiger partial charge in [-0.15, -0.1) is 0 Å². The highest BCUT2D eigenvalue weighted by atomic mass is 16.5. The van der Waals surface area contributed by atoms with Crippen molar-refractivity contribution >= 4 is 11.6 Å². The highest BCUT2D eigenvalue weighted by Crippen LogP contribution is 2.32. The third-order valence-corrected chi connectivity index (χ3v) is 3.01. The number of nitrogens with one attached hydrogen (secondary N) is 1. The summed E-state index contributed by atoms with van der Waals surface area (Å²) in [4.78, 5) is 10.5. The summed E-state index contributed by atoms with van der Waals surface area (Å²) in [5.74, 6) is 2.16. The third kappa shape index (κ3) is 2.26. The predicted octanol–water partition coefficient (Wildman–Crippen LogP) is 0.752. The van der Waals surface area contributed by atoms with Gasteiger partial charge in [0.05, 0.1) is 19.8 Å². The van der Waals surface area contributed by atoms with Gasteiger partial charge in [0.15, 0.2) is 11.6 Å². The Morgan fingerprint density at radius 1 is 1.53 bits per heavy atom. The van der Waals surface area contributed by atoms with E-state index in [0.717, 1.165) is 25.5 Å². The van der Waals surface area contributed by atoms with Crippen molar-refractivity contribution in [2.75, 3.05) is 44.6 Å². The van der Waals surface area contributed by atoms with Crippen LogP contribution < -0.4 is 15.0 Å². The van der Waals surface area contributed by atoms with Crippen LogP contribution in [0.15, 0.2) is 6.33 Å². The average Bonchev–Trinajstić information content (AvgIpc) is 2.90. The van der Waals surface area contributed by atoms with Gasteiger partial charge in [-0.3, -0.25) is 0 Å². The maximum atomic E-state index is 5.39. The number of ether oxygens (including phenoxy) is 2. The number of hydrogen-bond donors (Lipinski definition) is 1. The van der Waals surface area contributed by atoms with Crippen molar-refractivity contribution in [3.05, 3.63) is 6.33 Å². The van der Waals surface area contributed by atoms with E-state index in [2.05, 4.69) is 20.2 Å². The number of nitrogens with zero attached hydrogens (tertiary/aromatic N) is 3. The van der Waals surface area contributed by atoms with E-state index in [1.165, 1.54) is 6.33 Å². The average molecular weight is 238 g/mol. The van der Waals surface area contributed by atoms with Gasteiger partial charge in [0.25, 0.3) is 0 Å². The van der Waals surface area contributed by atoms with Gasteiger partial charge in [-0.05, 0) is 6.42 Å². The molecule has 1 saturated heterocycles. The maximum absolute atomic E-state index is 5.39. The fourth-order valence-electron chi connectivity index (χ4n) is 1.98. The zero-order valence-corrected chi connectivity index (χ0v) is 10.4. The molecule has 1 unspecified atom stereocenters. The Kier molecular flexibility index (Phi) is 3.63. The molecule has 94 valence electrons. The molecule has 1 aliphatic rings.